The average Bonchev–Trinajstić information content (AvgIpc) is 3.22. The molecule has 6 nitrogen and oxygen atoms in total. The Morgan fingerprint density at radius 2 is 1.82 bits per heavy atom. The summed E-state index contributed by atoms with van der Waals surface area (Å²) in [5.74, 6) is 0.399. The maximum Gasteiger partial charge on any atom is 0.341 e. The van der Waals surface area contributed by atoms with Crippen molar-refractivity contribution in [3.8, 4) is 22.6 Å². The van der Waals surface area contributed by atoms with Gasteiger partial charge in [0.1, 0.15) is 10.6 Å². The Kier molecular flexibility index (Phi) is 8.49. The van der Waals surface area contributed by atoms with Gasteiger partial charge >= 0.3 is 5.97 Å². The van der Waals surface area contributed by atoms with E-state index in [1.807, 2.05) is 62.5 Å². The molecular weight excluding hydrogens is 450 g/mol. The second-order valence-corrected chi connectivity index (χ2v) is 8.72. The number of carbonyl (C=O) groups is 2. The zero-order chi connectivity index (χ0) is 24.7. The average molecular weight is 480 g/mol. The van der Waals surface area contributed by atoms with Crippen LogP contribution in [-0.4, -0.2) is 31.7 Å². The number of methoxy groups -OCH3 is 1. The summed E-state index contributed by atoms with van der Waals surface area (Å²) in [6.45, 7) is 7.88. The predicted molar refractivity (Wildman–Crippen MR) is 137 cm³/mol. The van der Waals surface area contributed by atoms with Gasteiger partial charge in [0.15, 0.2) is 11.5 Å². The number of hydrogen-bond donors (Lipinski definition) is 1. The van der Waals surface area contributed by atoms with Crippen LogP contribution in [0.5, 0.6) is 11.5 Å². The van der Waals surface area contributed by atoms with E-state index >= 15 is 0 Å². The maximum absolute atomic E-state index is 12.7. The maximum atomic E-state index is 12.7. The number of anilines is 1. The number of hydrogen-bond acceptors (Lipinski definition) is 6. The molecule has 0 aliphatic heterocycles. The Labute approximate surface area is 204 Å². The third kappa shape index (κ3) is 6.26. The third-order valence-corrected chi connectivity index (χ3v) is 5.74. The van der Waals surface area contributed by atoms with Crippen molar-refractivity contribution in [2.45, 2.75) is 33.8 Å². The molecule has 1 aromatic heterocycles. The summed E-state index contributed by atoms with van der Waals surface area (Å²) >= 11 is 1.29. The van der Waals surface area contributed by atoms with Crippen LogP contribution in [0.3, 0.4) is 0 Å². The van der Waals surface area contributed by atoms with Gasteiger partial charge in [0.05, 0.1) is 19.8 Å². The summed E-state index contributed by atoms with van der Waals surface area (Å²) in [6.07, 6.45) is 3.11. The minimum absolute atomic E-state index is 0.0188. The van der Waals surface area contributed by atoms with E-state index < -0.39 is 5.97 Å². The zero-order valence-corrected chi connectivity index (χ0v) is 20.8. The molecule has 1 heterocycles. The van der Waals surface area contributed by atoms with Crippen LogP contribution in [-0.2, 0) is 9.53 Å². The van der Waals surface area contributed by atoms with Crippen molar-refractivity contribution in [3.63, 3.8) is 0 Å². The van der Waals surface area contributed by atoms with E-state index in [1.165, 1.54) is 17.4 Å². The second-order valence-electron chi connectivity index (χ2n) is 7.84. The fraction of sp³-hybridized carbons (Fsp3) is 0.259. The monoisotopic (exact) mass is 479 g/mol. The quantitative estimate of drug-likeness (QED) is 0.286. The highest BCUT2D eigenvalue weighted by Gasteiger charge is 2.22. The van der Waals surface area contributed by atoms with Gasteiger partial charge in [-0.05, 0) is 57.0 Å². The third-order valence-electron chi connectivity index (χ3n) is 4.85. The molecule has 34 heavy (non-hydrogen) atoms. The first-order chi connectivity index (χ1) is 16.3. The van der Waals surface area contributed by atoms with Gasteiger partial charge in [-0.2, -0.15) is 0 Å². The molecule has 2 aromatic carbocycles. The van der Waals surface area contributed by atoms with E-state index in [-0.39, 0.29) is 18.6 Å². The van der Waals surface area contributed by atoms with E-state index in [1.54, 1.807) is 26.2 Å². The molecule has 0 unspecified atom stereocenters. The van der Waals surface area contributed by atoms with E-state index in [9.17, 15) is 9.59 Å². The molecule has 0 fully saturated rings. The molecule has 0 saturated heterocycles. The molecule has 0 spiro atoms. The lowest BCUT2D eigenvalue weighted by molar-refractivity contribution is -0.111. The van der Waals surface area contributed by atoms with Crippen molar-refractivity contribution in [1.82, 2.24) is 0 Å². The van der Waals surface area contributed by atoms with Gasteiger partial charge in [0.2, 0.25) is 5.91 Å². The first-order valence-corrected chi connectivity index (χ1v) is 11.9. The van der Waals surface area contributed by atoms with Crippen molar-refractivity contribution >= 4 is 34.3 Å². The van der Waals surface area contributed by atoms with Crippen LogP contribution in [0.25, 0.3) is 17.2 Å². The Balaban J connectivity index is 1.82. The summed E-state index contributed by atoms with van der Waals surface area (Å²) in [5, 5.41) is 5.13. The lowest BCUT2D eigenvalue weighted by Crippen LogP contribution is -2.12. The standard InChI is InChI=1S/C27H29NO5S/c1-6-32-27(30)25-21(20-11-7-18(4)8-12-20)16-34-26(25)28-24(29)14-10-19-9-13-22(33-17(2)3)23(15-19)31-5/h7-17H,6H2,1-5H3,(H,28,29). The van der Waals surface area contributed by atoms with E-state index in [0.717, 1.165) is 22.3 Å². The normalized spacial score (nSPS) is 11.0. The molecule has 0 atom stereocenters. The Morgan fingerprint density at radius 3 is 2.47 bits per heavy atom. The lowest BCUT2D eigenvalue weighted by atomic mass is 10.0. The molecule has 3 rings (SSSR count). The second kappa shape index (κ2) is 11.5. The largest absolute Gasteiger partial charge is 0.493 e. The molecule has 0 bridgehead atoms. The number of carbonyl (C=O) groups excluding carboxylic acids is 2. The molecule has 0 aliphatic rings. The number of amides is 1. The topological polar surface area (TPSA) is 73.9 Å². The van der Waals surface area contributed by atoms with Gasteiger partial charge in [-0.15, -0.1) is 11.3 Å². The van der Waals surface area contributed by atoms with Crippen LogP contribution < -0.4 is 14.8 Å². The SMILES string of the molecule is CCOC(=O)c1c(-c2ccc(C)cc2)csc1NC(=O)C=Cc1ccc(OC(C)C)c(OC)c1. The Bertz CT molecular complexity index is 1180. The summed E-state index contributed by atoms with van der Waals surface area (Å²) < 4.78 is 16.4. The van der Waals surface area contributed by atoms with Gasteiger partial charge in [0, 0.05) is 17.0 Å². The van der Waals surface area contributed by atoms with E-state index in [0.29, 0.717) is 22.1 Å². The van der Waals surface area contributed by atoms with Crippen molar-refractivity contribution < 1.29 is 23.8 Å². The number of thiophene rings is 1. The Morgan fingerprint density at radius 1 is 1.09 bits per heavy atom. The van der Waals surface area contributed by atoms with Crippen LogP contribution in [0, 0.1) is 6.92 Å². The fourth-order valence-electron chi connectivity index (χ4n) is 3.27. The highest BCUT2D eigenvalue weighted by atomic mass is 32.1. The van der Waals surface area contributed by atoms with Crippen LogP contribution in [0.2, 0.25) is 0 Å². The van der Waals surface area contributed by atoms with Crippen LogP contribution in [0.15, 0.2) is 53.9 Å². The van der Waals surface area contributed by atoms with Gasteiger partial charge in [0.25, 0.3) is 0 Å². The minimum atomic E-state index is -0.468. The molecule has 0 radical (unpaired) electrons. The van der Waals surface area contributed by atoms with Crippen molar-refractivity contribution in [3.05, 3.63) is 70.6 Å². The molecule has 0 aliphatic carbocycles. The Hall–Kier alpha value is -3.58. The minimum Gasteiger partial charge on any atom is -0.493 e. The summed E-state index contributed by atoms with van der Waals surface area (Å²) in [5.41, 5.74) is 3.87. The molecule has 1 amide bonds. The van der Waals surface area contributed by atoms with Crippen molar-refractivity contribution in [2.75, 3.05) is 19.0 Å². The van der Waals surface area contributed by atoms with Gasteiger partial charge < -0.3 is 19.5 Å². The number of benzene rings is 2. The number of rotatable bonds is 9. The number of aryl methyl sites for hydroxylation is 1. The number of esters is 1. The predicted octanol–water partition coefficient (Wildman–Crippen LogP) is 6.35. The first-order valence-electron chi connectivity index (χ1n) is 11.0. The van der Waals surface area contributed by atoms with Gasteiger partial charge in [-0.25, -0.2) is 4.79 Å². The summed E-state index contributed by atoms with van der Waals surface area (Å²) in [7, 11) is 1.57. The number of nitrogens with one attached hydrogen (secondary N) is 1. The summed E-state index contributed by atoms with van der Waals surface area (Å²) in [6, 6.07) is 13.3. The molecule has 7 heteroatoms. The van der Waals surface area contributed by atoms with Crippen molar-refractivity contribution in [1.29, 1.82) is 0 Å². The molecule has 3 aromatic rings. The summed E-state index contributed by atoms with van der Waals surface area (Å²) in [4.78, 5) is 25.4. The van der Waals surface area contributed by atoms with E-state index in [2.05, 4.69) is 5.32 Å². The van der Waals surface area contributed by atoms with Gasteiger partial charge in [-0.3, -0.25) is 4.79 Å². The van der Waals surface area contributed by atoms with Crippen LogP contribution in [0.4, 0.5) is 5.00 Å². The number of ether oxygens (including phenoxy) is 3. The first kappa shape index (κ1) is 25.1. The molecule has 1 N–H and O–H groups in total. The van der Waals surface area contributed by atoms with Gasteiger partial charge in [-0.1, -0.05) is 35.9 Å². The van der Waals surface area contributed by atoms with E-state index in [4.69, 9.17) is 14.2 Å². The fourth-order valence-corrected chi connectivity index (χ4v) is 4.23. The highest BCUT2D eigenvalue weighted by Crippen LogP contribution is 2.36. The highest BCUT2D eigenvalue weighted by molar-refractivity contribution is 7.15. The van der Waals surface area contributed by atoms with Crippen LogP contribution in [0.1, 0.15) is 42.3 Å². The van der Waals surface area contributed by atoms with Crippen LogP contribution >= 0.6 is 11.3 Å². The van der Waals surface area contributed by atoms with Crippen molar-refractivity contribution in [2.24, 2.45) is 0 Å². The molecule has 0 saturated carbocycles. The smallest absolute Gasteiger partial charge is 0.341 e. The lowest BCUT2D eigenvalue weighted by Gasteiger charge is -2.13. The molecule has 178 valence electrons. The zero-order valence-electron chi connectivity index (χ0n) is 20.0. The molecular formula is C27H29NO5S.